The number of nitrogens with zero attached hydrogens (tertiary/aromatic N) is 2. The molecule has 0 saturated heterocycles. The smallest absolute Gasteiger partial charge is 0.183 e. The third-order valence-corrected chi connectivity index (χ3v) is 1.80. The van der Waals surface area contributed by atoms with Gasteiger partial charge in [-0.2, -0.15) is 0 Å². The van der Waals surface area contributed by atoms with Crippen molar-refractivity contribution in [2.75, 3.05) is 0 Å². The maximum atomic E-state index is 4.85. The largest absolute Gasteiger partial charge is 0.228 e. The summed E-state index contributed by atoms with van der Waals surface area (Å²) in [5, 5.41) is 0.979. The molecule has 1 aromatic rings. The summed E-state index contributed by atoms with van der Waals surface area (Å²) in [4.78, 5) is 8.03. The second-order valence-electron chi connectivity index (χ2n) is 1.66. The van der Waals surface area contributed by atoms with Gasteiger partial charge in [0.1, 0.15) is 5.82 Å². The highest BCUT2D eigenvalue weighted by Crippen LogP contribution is 2.02. The third-order valence-electron chi connectivity index (χ3n) is 0.807. The standard InChI is InChI=1S/C5H6N2S2/c1-3-6-4(2)9-5(8)7-3/h1-2H3. The van der Waals surface area contributed by atoms with Crippen molar-refractivity contribution in [1.29, 1.82) is 0 Å². The maximum absolute atomic E-state index is 4.85. The summed E-state index contributed by atoms with van der Waals surface area (Å²) in [5.74, 6) is 0.760. The van der Waals surface area contributed by atoms with Crippen LogP contribution in [0.2, 0.25) is 0 Å². The normalized spacial score (nSPS) is 9.56. The zero-order valence-electron chi connectivity index (χ0n) is 5.21. The quantitative estimate of drug-likeness (QED) is 0.539. The van der Waals surface area contributed by atoms with Gasteiger partial charge < -0.3 is 0 Å². The maximum Gasteiger partial charge on any atom is 0.183 e. The molecule has 48 valence electrons. The van der Waals surface area contributed by atoms with E-state index in [-0.39, 0.29) is 0 Å². The summed E-state index contributed by atoms with van der Waals surface area (Å²) >= 11 is 6.29. The van der Waals surface area contributed by atoms with Crippen LogP contribution in [0.4, 0.5) is 0 Å². The molecule has 0 saturated carbocycles. The van der Waals surface area contributed by atoms with Crippen molar-refractivity contribution in [3.63, 3.8) is 0 Å². The molecule has 0 spiro atoms. The minimum absolute atomic E-state index is 0.667. The topological polar surface area (TPSA) is 25.8 Å². The first-order chi connectivity index (χ1) is 4.18. The lowest BCUT2D eigenvalue weighted by molar-refractivity contribution is 1.05. The molecule has 0 radical (unpaired) electrons. The van der Waals surface area contributed by atoms with Crippen LogP contribution in [0, 0.1) is 17.8 Å². The first-order valence-electron chi connectivity index (χ1n) is 2.51. The van der Waals surface area contributed by atoms with E-state index < -0.39 is 0 Å². The average Bonchev–Trinajstić information content (AvgIpc) is 1.59. The lowest BCUT2D eigenvalue weighted by Crippen LogP contribution is -1.86. The predicted molar refractivity (Wildman–Crippen MR) is 40.2 cm³/mol. The molecule has 0 unspecified atom stereocenters. The summed E-state index contributed by atoms with van der Waals surface area (Å²) in [6.07, 6.45) is 0. The molecule has 0 fully saturated rings. The van der Waals surface area contributed by atoms with E-state index in [9.17, 15) is 0 Å². The van der Waals surface area contributed by atoms with Crippen molar-refractivity contribution in [1.82, 2.24) is 9.97 Å². The Morgan fingerprint density at radius 1 is 1.33 bits per heavy atom. The minimum Gasteiger partial charge on any atom is -0.228 e. The van der Waals surface area contributed by atoms with E-state index in [1.807, 2.05) is 13.8 Å². The molecular weight excluding hydrogens is 152 g/mol. The number of hydrogen-bond acceptors (Lipinski definition) is 4. The van der Waals surface area contributed by atoms with Gasteiger partial charge in [0.15, 0.2) is 3.95 Å². The molecule has 0 N–H and O–H groups in total. The average molecular weight is 158 g/mol. The van der Waals surface area contributed by atoms with Crippen molar-refractivity contribution >= 4 is 23.6 Å². The van der Waals surface area contributed by atoms with Crippen molar-refractivity contribution in [2.45, 2.75) is 13.8 Å². The van der Waals surface area contributed by atoms with E-state index in [1.54, 1.807) is 0 Å². The molecule has 4 heteroatoms. The van der Waals surface area contributed by atoms with Gasteiger partial charge in [-0.1, -0.05) is 11.3 Å². The lowest BCUT2D eigenvalue weighted by Gasteiger charge is -1.89. The van der Waals surface area contributed by atoms with Gasteiger partial charge in [0.25, 0.3) is 0 Å². The van der Waals surface area contributed by atoms with Crippen molar-refractivity contribution in [3.8, 4) is 0 Å². The number of aryl methyl sites for hydroxylation is 2. The molecule has 0 aromatic carbocycles. The van der Waals surface area contributed by atoms with Crippen LogP contribution in [0.5, 0.6) is 0 Å². The van der Waals surface area contributed by atoms with Crippen LogP contribution in [0.3, 0.4) is 0 Å². The van der Waals surface area contributed by atoms with Crippen LogP contribution in [0.1, 0.15) is 10.8 Å². The molecule has 0 amide bonds. The summed E-state index contributed by atoms with van der Waals surface area (Å²) in [6.45, 7) is 3.77. The van der Waals surface area contributed by atoms with Crippen molar-refractivity contribution < 1.29 is 0 Å². The molecule has 0 aliphatic carbocycles. The molecule has 1 rings (SSSR count). The summed E-state index contributed by atoms with van der Waals surface area (Å²) in [5.41, 5.74) is 0. The Morgan fingerprint density at radius 2 is 2.00 bits per heavy atom. The molecule has 1 heterocycles. The van der Waals surface area contributed by atoms with Gasteiger partial charge in [0, 0.05) is 0 Å². The van der Waals surface area contributed by atoms with Gasteiger partial charge in [-0.15, -0.1) is 0 Å². The second kappa shape index (κ2) is 2.49. The predicted octanol–water partition coefficient (Wildman–Crippen LogP) is 1.88. The van der Waals surface area contributed by atoms with Gasteiger partial charge >= 0.3 is 0 Å². The zero-order valence-corrected chi connectivity index (χ0v) is 6.84. The Bertz CT molecular complexity index is 243. The van der Waals surface area contributed by atoms with Gasteiger partial charge in [-0.3, -0.25) is 0 Å². The highest BCUT2D eigenvalue weighted by Gasteiger charge is 1.88. The Balaban J connectivity index is 3.33. The summed E-state index contributed by atoms with van der Waals surface area (Å²) < 4.78 is 0.667. The van der Waals surface area contributed by atoms with Gasteiger partial charge in [-0.25, -0.2) is 9.97 Å². The van der Waals surface area contributed by atoms with Crippen LogP contribution < -0.4 is 0 Å². The Kier molecular flexibility index (Phi) is 1.87. The van der Waals surface area contributed by atoms with E-state index in [4.69, 9.17) is 12.2 Å². The Labute approximate surface area is 62.6 Å². The van der Waals surface area contributed by atoms with E-state index in [0.29, 0.717) is 3.95 Å². The van der Waals surface area contributed by atoms with E-state index in [1.165, 1.54) is 11.3 Å². The van der Waals surface area contributed by atoms with Crippen LogP contribution in [-0.2, 0) is 0 Å². The van der Waals surface area contributed by atoms with Crippen LogP contribution in [0.15, 0.2) is 0 Å². The Hall–Kier alpha value is -0.350. The number of aromatic nitrogens is 2. The Morgan fingerprint density at radius 3 is 2.44 bits per heavy atom. The monoisotopic (exact) mass is 158 g/mol. The third kappa shape index (κ3) is 1.80. The van der Waals surface area contributed by atoms with Crippen molar-refractivity contribution in [3.05, 3.63) is 14.8 Å². The van der Waals surface area contributed by atoms with Crippen LogP contribution >= 0.6 is 23.6 Å². The summed E-state index contributed by atoms with van der Waals surface area (Å²) in [6, 6.07) is 0. The van der Waals surface area contributed by atoms with Crippen molar-refractivity contribution in [2.24, 2.45) is 0 Å². The number of hydrogen-bond donors (Lipinski definition) is 0. The van der Waals surface area contributed by atoms with E-state index >= 15 is 0 Å². The molecular formula is C5H6N2S2. The molecule has 0 aliphatic rings. The first kappa shape index (κ1) is 6.77. The molecule has 0 bridgehead atoms. The highest BCUT2D eigenvalue weighted by molar-refractivity contribution is 7.73. The first-order valence-corrected chi connectivity index (χ1v) is 3.73. The van der Waals surface area contributed by atoms with E-state index in [2.05, 4.69) is 9.97 Å². The fourth-order valence-electron chi connectivity index (χ4n) is 0.557. The minimum atomic E-state index is 0.667. The fourth-order valence-corrected chi connectivity index (χ4v) is 1.66. The lowest BCUT2D eigenvalue weighted by atomic mass is 10.7. The fraction of sp³-hybridized carbons (Fsp3) is 0.400. The van der Waals surface area contributed by atoms with Gasteiger partial charge in [-0.05, 0) is 26.1 Å². The molecule has 2 nitrogen and oxygen atoms in total. The highest BCUT2D eigenvalue weighted by atomic mass is 32.1. The summed E-state index contributed by atoms with van der Waals surface area (Å²) in [7, 11) is 0. The molecule has 1 aromatic heterocycles. The van der Waals surface area contributed by atoms with Crippen LogP contribution in [0.25, 0.3) is 0 Å². The van der Waals surface area contributed by atoms with Gasteiger partial charge in [0.05, 0.1) is 5.01 Å². The molecule has 0 atom stereocenters. The molecule has 0 aliphatic heterocycles. The molecule has 9 heavy (non-hydrogen) atoms. The SMILES string of the molecule is Cc1nc(C)sc(=S)n1. The van der Waals surface area contributed by atoms with Crippen LogP contribution in [-0.4, -0.2) is 9.97 Å². The number of rotatable bonds is 0. The second-order valence-corrected chi connectivity index (χ2v) is 3.48. The van der Waals surface area contributed by atoms with Gasteiger partial charge in [0.2, 0.25) is 0 Å². The zero-order chi connectivity index (χ0) is 6.85. The van der Waals surface area contributed by atoms with E-state index in [0.717, 1.165) is 10.8 Å².